The molecule has 1 heterocycles. The fourth-order valence-electron chi connectivity index (χ4n) is 1.27. The summed E-state index contributed by atoms with van der Waals surface area (Å²) in [5.74, 6) is 0.276. The molecule has 0 fully saturated rings. The molecule has 0 spiro atoms. The molecule has 0 aromatic carbocycles. The van der Waals surface area contributed by atoms with Crippen LogP contribution in [0, 0.1) is 5.92 Å². The predicted molar refractivity (Wildman–Crippen MR) is 75.5 cm³/mol. The lowest BCUT2D eigenvalue weighted by atomic mass is 9.93. The molecule has 1 aromatic heterocycles. The van der Waals surface area contributed by atoms with Crippen LogP contribution in [-0.4, -0.2) is 27.3 Å². The molecule has 0 saturated carbocycles. The second-order valence-electron chi connectivity index (χ2n) is 5.41. The smallest absolute Gasteiger partial charge is 0.265 e. The molecule has 1 aromatic rings. The zero-order chi connectivity index (χ0) is 13.9. The molecule has 1 rings (SSSR count). The van der Waals surface area contributed by atoms with E-state index in [9.17, 15) is 4.79 Å². The Morgan fingerprint density at radius 2 is 1.94 bits per heavy atom. The fourth-order valence-corrected chi connectivity index (χ4v) is 1.69. The summed E-state index contributed by atoms with van der Waals surface area (Å²) in [7, 11) is 0. The van der Waals surface area contributed by atoms with Crippen molar-refractivity contribution in [3.63, 3.8) is 0 Å². The first-order valence-electron chi connectivity index (χ1n) is 5.86. The van der Waals surface area contributed by atoms with Crippen LogP contribution in [0.2, 0.25) is 0 Å². The topological polar surface area (TPSA) is 60.1 Å². The number of hydrogen-bond donors (Lipinski definition) is 0. The van der Waals surface area contributed by atoms with Crippen LogP contribution in [0.5, 0.6) is 0 Å². The van der Waals surface area contributed by atoms with Gasteiger partial charge in [-0.3, -0.25) is 4.79 Å². The van der Waals surface area contributed by atoms with Crippen LogP contribution >= 0.6 is 11.8 Å². The minimum atomic E-state index is -0.337. The largest absolute Gasteiger partial charge is 0.297 e. The molecule has 100 valence electrons. The van der Waals surface area contributed by atoms with Crippen LogP contribution in [0.4, 0.5) is 0 Å². The van der Waals surface area contributed by atoms with Crippen LogP contribution in [0.1, 0.15) is 40.3 Å². The van der Waals surface area contributed by atoms with Crippen molar-refractivity contribution >= 4 is 18.0 Å². The zero-order valence-electron chi connectivity index (χ0n) is 11.8. The van der Waals surface area contributed by atoms with Gasteiger partial charge >= 0.3 is 0 Å². The standard InChI is InChI=1S/C12H20N4OS/c1-8(2)7-13-16-10(17)9(12(3,4)5)14-15-11(16)18-6/h7-8H,1-6H3/b13-7-. The summed E-state index contributed by atoms with van der Waals surface area (Å²) < 4.78 is 1.33. The van der Waals surface area contributed by atoms with Crippen molar-refractivity contribution in [1.82, 2.24) is 14.9 Å². The van der Waals surface area contributed by atoms with Crippen LogP contribution < -0.4 is 5.56 Å². The third-order valence-electron chi connectivity index (χ3n) is 2.18. The first kappa shape index (κ1) is 14.9. The molecule has 0 aliphatic carbocycles. The van der Waals surface area contributed by atoms with E-state index in [1.54, 1.807) is 6.21 Å². The van der Waals surface area contributed by atoms with Crippen molar-refractivity contribution in [2.45, 2.75) is 45.2 Å². The summed E-state index contributed by atoms with van der Waals surface area (Å²) in [6.45, 7) is 9.83. The first-order chi connectivity index (χ1) is 8.27. The second kappa shape index (κ2) is 5.65. The van der Waals surface area contributed by atoms with E-state index in [1.807, 2.05) is 40.9 Å². The van der Waals surface area contributed by atoms with Crippen molar-refractivity contribution in [1.29, 1.82) is 0 Å². The molecule has 0 atom stereocenters. The Kier molecular flexibility index (Phi) is 4.67. The highest BCUT2D eigenvalue weighted by Gasteiger charge is 2.23. The molecular weight excluding hydrogens is 248 g/mol. The van der Waals surface area contributed by atoms with Crippen LogP contribution in [0.15, 0.2) is 15.1 Å². The normalized spacial score (nSPS) is 12.6. The number of rotatable bonds is 3. The summed E-state index contributed by atoms with van der Waals surface area (Å²) in [4.78, 5) is 12.3. The van der Waals surface area contributed by atoms with E-state index < -0.39 is 0 Å². The number of thioether (sulfide) groups is 1. The summed E-state index contributed by atoms with van der Waals surface area (Å²) in [5, 5.41) is 12.8. The minimum absolute atomic E-state index is 0.196. The molecule has 5 nitrogen and oxygen atoms in total. The Hall–Kier alpha value is -1.17. The minimum Gasteiger partial charge on any atom is -0.265 e. The van der Waals surface area contributed by atoms with Gasteiger partial charge in [0.15, 0.2) is 0 Å². The van der Waals surface area contributed by atoms with Gasteiger partial charge in [0, 0.05) is 11.6 Å². The van der Waals surface area contributed by atoms with Gasteiger partial charge in [0.2, 0.25) is 5.16 Å². The van der Waals surface area contributed by atoms with E-state index in [2.05, 4.69) is 15.3 Å². The van der Waals surface area contributed by atoms with Gasteiger partial charge in [0.25, 0.3) is 5.56 Å². The van der Waals surface area contributed by atoms with E-state index in [4.69, 9.17) is 0 Å². The average Bonchev–Trinajstić information content (AvgIpc) is 2.24. The SMILES string of the molecule is CSc1nnc(C(C)(C)C)c(=O)n1/N=C\C(C)C. The molecule has 0 N–H and O–H groups in total. The van der Waals surface area contributed by atoms with Crippen LogP contribution in [0.3, 0.4) is 0 Å². The Morgan fingerprint density at radius 1 is 1.33 bits per heavy atom. The maximum Gasteiger partial charge on any atom is 0.297 e. The van der Waals surface area contributed by atoms with Gasteiger partial charge in [-0.15, -0.1) is 10.2 Å². The van der Waals surface area contributed by atoms with Crippen LogP contribution in [-0.2, 0) is 5.41 Å². The van der Waals surface area contributed by atoms with Crippen molar-refractivity contribution < 1.29 is 0 Å². The summed E-state index contributed by atoms with van der Waals surface area (Å²) in [6.07, 6.45) is 3.58. The monoisotopic (exact) mass is 268 g/mol. The summed E-state index contributed by atoms with van der Waals surface area (Å²) >= 11 is 1.36. The molecule has 0 radical (unpaired) electrons. The van der Waals surface area contributed by atoms with Crippen molar-refractivity contribution in [2.75, 3.05) is 6.26 Å². The molecule has 0 saturated heterocycles. The third-order valence-corrected chi connectivity index (χ3v) is 2.80. The van der Waals surface area contributed by atoms with Crippen molar-refractivity contribution in [3.8, 4) is 0 Å². The predicted octanol–water partition coefficient (Wildman–Crippen LogP) is 2.15. The van der Waals surface area contributed by atoms with E-state index in [1.165, 1.54) is 16.4 Å². The first-order valence-corrected chi connectivity index (χ1v) is 7.08. The lowest BCUT2D eigenvalue weighted by molar-refractivity contribution is 0.509. The molecule has 18 heavy (non-hydrogen) atoms. The highest BCUT2D eigenvalue weighted by atomic mass is 32.2. The molecule has 0 aliphatic heterocycles. The van der Waals surface area contributed by atoms with E-state index in [0.717, 1.165) is 0 Å². The second-order valence-corrected chi connectivity index (χ2v) is 6.18. The Balaban J connectivity index is 3.42. The van der Waals surface area contributed by atoms with Gasteiger partial charge in [-0.1, -0.05) is 46.4 Å². The van der Waals surface area contributed by atoms with Gasteiger partial charge in [-0.2, -0.15) is 9.78 Å². The molecule has 0 unspecified atom stereocenters. The maximum absolute atomic E-state index is 12.3. The van der Waals surface area contributed by atoms with E-state index in [-0.39, 0.29) is 16.9 Å². The van der Waals surface area contributed by atoms with Gasteiger partial charge in [0.05, 0.1) is 0 Å². The Labute approximate surface area is 112 Å². The number of nitrogens with zero attached hydrogens (tertiary/aromatic N) is 4. The van der Waals surface area contributed by atoms with Gasteiger partial charge < -0.3 is 0 Å². The van der Waals surface area contributed by atoms with E-state index >= 15 is 0 Å². The molecule has 0 bridgehead atoms. The average molecular weight is 268 g/mol. The highest BCUT2D eigenvalue weighted by Crippen LogP contribution is 2.17. The van der Waals surface area contributed by atoms with Crippen molar-refractivity contribution in [3.05, 3.63) is 16.0 Å². The lowest BCUT2D eigenvalue weighted by Gasteiger charge is -2.16. The Bertz CT molecular complexity index is 500. The van der Waals surface area contributed by atoms with Gasteiger partial charge in [0.1, 0.15) is 5.69 Å². The number of hydrogen-bond acceptors (Lipinski definition) is 5. The fraction of sp³-hybridized carbons (Fsp3) is 0.667. The van der Waals surface area contributed by atoms with Gasteiger partial charge in [-0.05, 0) is 12.2 Å². The maximum atomic E-state index is 12.3. The van der Waals surface area contributed by atoms with E-state index in [0.29, 0.717) is 10.9 Å². The molecule has 6 heteroatoms. The lowest BCUT2D eigenvalue weighted by Crippen LogP contribution is -2.32. The highest BCUT2D eigenvalue weighted by molar-refractivity contribution is 7.98. The Morgan fingerprint density at radius 3 is 2.39 bits per heavy atom. The third kappa shape index (κ3) is 3.41. The molecule has 0 aliphatic rings. The summed E-state index contributed by atoms with van der Waals surface area (Å²) in [5.41, 5.74) is -0.101. The molecular formula is C12H20N4OS. The molecule has 0 amide bonds. The van der Waals surface area contributed by atoms with Gasteiger partial charge in [-0.25, -0.2) is 0 Å². The summed E-state index contributed by atoms with van der Waals surface area (Å²) in [6, 6.07) is 0. The van der Waals surface area contributed by atoms with Crippen LogP contribution in [0.25, 0.3) is 0 Å². The van der Waals surface area contributed by atoms with Crippen molar-refractivity contribution in [2.24, 2.45) is 11.0 Å². The quantitative estimate of drug-likeness (QED) is 0.622. The zero-order valence-corrected chi connectivity index (χ0v) is 12.6. The number of aromatic nitrogens is 3.